The summed E-state index contributed by atoms with van der Waals surface area (Å²) in [7, 11) is 0. The van der Waals surface area contributed by atoms with Crippen molar-refractivity contribution in [1.29, 1.82) is 0 Å². The first-order chi connectivity index (χ1) is 11.5. The lowest BCUT2D eigenvalue weighted by Gasteiger charge is -2.24. The summed E-state index contributed by atoms with van der Waals surface area (Å²) in [5.41, 5.74) is 0.862. The number of anilines is 1. The molecule has 1 amide bonds. The fraction of sp³-hybridized carbons (Fsp3) is 0.438. The van der Waals surface area contributed by atoms with E-state index in [9.17, 15) is 9.35 Å². The van der Waals surface area contributed by atoms with E-state index in [1.165, 1.54) is 11.3 Å². The van der Waals surface area contributed by atoms with E-state index in [-0.39, 0.29) is 11.8 Å². The highest BCUT2D eigenvalue weighted by Gasteiger charge is 2.29. The van der Waals surface area contributed by atoms with Gasteiger partial charge in [-0.05, 0) is 25.5 Å². The second-order valence-electron chi connectivity index (χ2n) is 5.28. The van der Waals surface area contributed by atoms with Crippen molar-refractivity contribution < 1.29 is 9.35 Å². The minimum Gasteiger partial charge on any atom is -0.617 e. The zero-order valence-electron chi connectivity index (χ0n) is 13.9. The minimum atomic E-state index is -1.02. The number of pyridine rings is 1. The predicted molar refractivity (Wildman–Crippen MR) is 101 cm³/mol. The van der Waals surface area contributed by atoms with Crippen LogP contribution in [0.5, 0.6) is 0 Å². The van der Waals surface area contributed by atoms with Gasteiger partial charge in [-0.3, -0.25) is 9.78 Å². The summed E-state index contributed by atoms with van der Waals surface area (Å²) in [5.74, 6) is 0.0202. The zero-order chi connectivity index (χ0) is 17.7. The van der Waals surface area contributed by atoms with E-state index >= 15 is 0 Å². The van der Waals surface area contributed by atoms with Crippen LogP contribution in [-0.2, 0) is 16.0 Å². The van der Waals surface area contributed by atoms with Crippen LogP contribution in [0.3, 0.4) is 0 Å². The molecule has 2 atom stereocenters. The minimum absolute atomic E-state index is 0.0570. The van der Waals surface area contributed by atoms with Gasteiger partial charge >= 0.3 is 0 Å². The molecule has 0 aliphatic carbocycles. The second kappa shape index (κ2) is 8.80. The Labute approximate surface area is 154 Å². The first-order valence-corrected chi connectivity index (χ1v) is 10.6. The molecule has 2 rings (SSSR count). The van der Waals surface area contributed by atoms with Gasteiger partial charge in [0, 0.05) is 24.5 Å². The van der Waals surface area contributed by atoms with Gasteiger partial charge in [0.1, 0.15) is 15.8 Å². The molecule has 2 aromatic rings. The average molecular weight is 386 g/mol. The van der Waals surface area contributed by atoms with E-state index in [0.717, 1.165) is 10.6 Å². The van der Waals surface area contributed by atoms with Crippen LogP contribution in [0.4, 0.5) is 5.00 Å². The SMILES string of the molecule is CCC(C[S+](C)[O-])C(=O)N(CC)c1sc(-c2cccnc2)nc1Cl. The molecule has 2 heterocycles. The maximum Gasteiger partial charge on any atom is 0.235 e. The van der Waals surface area contributed by atoms with E-state index in [1.54, 1.807) is 23.5 Å². The molecule has 0 spiro atoms. The van der Waals surface area contributed by atoms with Crippen molar-refractivity contribution in [3.05, 3.63) is 29.7 Å². The molecule has 0 fully saturated rings. The first kappa shape index (κ1) is 19.2. The fourth-order valence-corrected chi connectivity index (χ4v) is 4.65. The Hall–Kier alpha value is -1.15. The zero-order valence-corrected chi connectivity index (χ0v) is 16.2. The van der Waals surface area contributed by atoms with Gasteiger partial charge < -0.3 is 9.45 Å². The fourth-order valence-electron chi connectivity index (χ4n) is 2.34. The summed E-state index contributed by atoms with van der Waals surface area (Å²) in [6, 6.07) is 3.73. The molecule has 2 aromatic heterocycles. The topological polar surface area (TPSA) is 69.2 Å². The summed E-state index contributed by atoms with van der Waals surface area (Å²) in [6.07, 6.45) is 5.66. The molecular weight excluding hydrogens is 366 g/mol. The number of aromatic nitrogens is 2. The Morgan fingerprint density at radius 1 is 1.50 bits per heavy atom. The molecule has 5 nitrogen and oxygen atoms in total. The van der Waals surface area contributed by atoms with Gasteiger partial charge in [0.25, 0.3) is 0 Å². The van der Waals surface area contributed by atoms with E-state index in [4.69, 9.17) is 11.6 Å². The number of carbonyl (C=O) groups is 1. The number of nitrogens with zero attached hydrogens (tertiary/aromatic N) is 3. The molecule has 0 saturated carbocycles. The average Bonchev–Trinajstić information content (AvgIpc) is 2.95. The van der Waals surface area contributed by atoms with Crippen LogP contribution in [0, 0.1) is 5.92 Å². The third kappa shape index (κ3) is 4.47. The Morgan fingerprint density at radius 3 is 2.79 bits per heavy atom. The smallest absolute Gasteiger partial charge is 0.235 e. The van der Waals surface area contributed by atoms with Gasteiger partial charge in [-0.1, -0.05) is 41.0 Å². The molecule has 0 saturated heterocycles. The first-order valence-electron chi connectivity index (χ1n) is 7.66. The molecule has 2 unspecified atom stereocenters. The molecule has 8 heteroatoms. The number of amides is 1. The maximum atomic E-state index is 12.8. The van der Waals surface area contributed by atoms with Crippen LogP contribution in [0.15, 0.2) is 24.5 Å². The van der Waals surface area contributed by atoms with Gasteiger partial charge in [0.15, 0.2) is 5.15 Å². The second-order valence-corrected chi connectivity index (χ2v) is 8.10. The Balaban J connectivity index is 2.30. The highest BCUT2D eigenvalue weighted by atomic mass is 35.5. The Bertz CT molecular complexity index is 679. The number of halogens is 1. The molecule has 0 bridgehead atoms. The summed E-state index contributed by atoms with van der Waals surface area (Å²) in [6.45, 7) is 4.31. The Kier molecular flexibility index (Phi) is 7.03. The van der Waals surface area contributed by atoms with E-state index in [1.807, 2.05) is 26.0 Å². The largest absolute Gasteiger partial charge is 0.617 e. The molecule has 0 aromatic carbocycles. The summed E-state index contributed by atoms with van der Waals surface area (Å²) in [4.78, 5) is 22.9. The van der Waals surface area contributed by atoms with Crippen molar-refractivity contribution in [2.45, 2.75) is 20.3 Å². The van der Waals surface area contributed by atoms with Crippen molar-refractivity contribution in [1.82, 2.24) is 9.97 Å². The monoisotopic (exact) mass is 385 g/mol. The van der Waals surface area contributed by atoms with Gasteiger partial charge in [-0.25, -0.2) is 4.98 Å². The molecule has 0 radical (unpaired) electrons. The van der Waals surface area contributed by atoms with Gasteiger partial charge in [0.2, 0.25) is 5.91 Å². The van der Waals surface area contributed by atoms with Gasteiger partial charge in [0.05, 0.1) is 12.2 Å². The summed E-state index contributed by atoms with van der Waals surface area (Å²) < 4.78 is 11.5. The van der Waals surface area contributed by atoms with Crippen LogP contribution in [0.25, 0.3) is 10.6 Å². The van der Waals surface area contributed by atoms with Crippen LogP contribution < -0.4 is 4.90 Å². The maximum absolute atomic E-state index is 12.8. The van der Waals surface area contributed by atoms with Gasteiger partial charge in [-0.15, -0.1) is 0 Å². The van der Waals surface area contributed by atoms with E-state index in [2.05, 4.69) is 9.97 Å². The molecule has 0 aliphatic rings. The normalized spacial score (nSPS) is 13.5. The highest BCUT2D eigenvalue weighted by molar-refractivity contribution is 7.90. The molecule has 24 heavy (non-hydrogen) atoms. The highest BCUT2D eigenvalue weighted by Crippen LogP contribution is 2.38. The third-order valence-electron chi connectivity index (χ3n) is 3.58. The van der Waals surface area contributed by atoms with Crippen LogP contribution in [0.1, 0.15) is 20.3 Å². The van der Waals surface area contributed by atoms with Crippen molar-refractivity contribution in [2.24, 2.45) is 5.92 Å². The lowest BCUT2D eigenvalue weighted by molar-refractivity contribution is -0.121. The standard InChI is InChI=1S/C16H20ClN3O2S2/c1-4-11(10-24(3)22)15(21)20(5-2)16-13(17)19-14(23-16)12-7-6-8-18-9-12/h6-9,11H,4-5,10H2,1-3H3. The van der Waals surface area contributed by atoms with Gasteiger partial charge in [-0.2, -0.15) is 0 Å². The van der Waals surface area contributed by atoms with Crippen molar-refractivity contribution in [3.63, 3.8) is 0 Å². The lowest BCUT2D eigenvalue weighted by atomic mass is 10.1. The molecular formula is C16H20ClN3O2S2. The van der Waals surface area contributed by atoms with Crippen molar-refractivity contribution in [2.75, 3.05) is 23.5 Å². The van der Waals surface area contributed by atoms with Crippen LogP contribution in [-0.4, -0.2) is 39.0 Å². The summed E-state index contributed by atoms with van der Waals surface area (Å²) >= 11 is 6.64. The lowest BCUT2D eigenvalue weighted by Crippen LogP contribution is -2.38. The van der Waals surface area contributed by atoms with E-state index in [0.29, 0.717) is 28.9 Å². The molecule has 130 valence electrons. The predicted octanol–water partition coefficient (Wildman–Crippen LogP) is 3.62. The summed E-state index contributed by atoms with van der Waals surface area (Å²) in [5, 5.41) is 1.66. The molecule has 0 N–H and O–H groups in total. The number of hydrogen-bond acceptors (Lipinski definition) is 5. The van der Waals surface area contributed by atoms with E-state index < -0.39 is 11.2 Å². The third-order valence-corrected chi connectivity index (χ3v) is 5.96. The Morgan fingerprint density at radius 2 is 2.25 bits per heavy atom. The quantitative estimate of drug-likeness (QED) is 0.682. The van der Waals surface area contributed by atoms with Crippen LogP contribution >= 0.6 is 22.9 Å². The van der Waals surface area contributed by atoms with Crippen LogP contribution in [0.2, 0.25) is 5.15 Å². The number of thiazole rings is 1. The number of carbonyl (C=O) groups excluding carboxylic acids is 1. The van der Waals surface area contributed by atoms with Crippen molar-refractivity contribution >= 4 is 45.0 Å². The number of rotatable bonds is 7. The van der Waals surface area contributed by atoms with Crippen molar-refractivity contribution in [3.8, 4) is 10.6 Å². The molecule has 0 aliphatic heterocycles. The number of hydrogen-bond donors (Lipinski definition) is 0.